The van der Waals surface area contributed by atoms with Crippen molar-refractivity contribution in [2.75, 3.05) is 50.5 Å². The van der Waals surface area contributed by atoms with Gasteiger partial charge in [-0.15, -0.1) is 5.10 Å². The molecule has 0 unspecified atom stereocenters. The molecule has 23 heavy (non-hydrogen) atoms. The number of rotatable bonds is 2. The van der Waals surface area contributed by atoms with Gasteiger partial charge in [0.05, 0.1) is 25.2 Å². The van der Waals surface area contributed by atoms with Gasteiger partial charge >= 0.3 is 0 Å². The maximum absolute atomic E-state index is 11.9. The van der Waals surface area contributed by atoms with E-state index in [2.05, 4.69) is 15.1 Å². The van der Waals surface area contributed by atoms with Gasteiger partial charge in [-0.2, -0.15) is 5.10 Å². The smallest absolute Gasteiger partial charge is 0.211 e. The predicted molar refractivity (Wildman–Crippen MR) is 87.9 cm³/mol. The van der Waals surface area contributed by atoms with Crippen molar-refractivity contribution in [1.29, 1.82) is 0 Å². The van der Waals surface area contributed by atoms with E-state index in [9.17, 15) is 8.42 Å². The minimum Gasteiger partial charge on any atom is -0.379 e. The number of ether oxygens (including phenoxy) is 1. The van der Waals surface area contributed by atoms with E-state index >= 15 is 0 Å². The minimum atomic E-state index is -3.17. The molecule has 1 atom stereocenters. The number of aromatic nitrogens is 2. The first-order chi connectivity index (χ1) is 10.9. The van der Waals surface area contributed by atoms with Crippen LogP contribution in [0.5, 0.6) is 0 Å². The summed E-state index contributed by atoms with van der Waals surface area (Å²) in [6.45, 7) is 5.74. The molecule has 128 valence electrons. The zero-order chi connectivity index (χ0) is 16.5. The third-order valence-corrected chi connectivity index (χ3v) is 5.89. The average Bonchev–Trinajstić information content (AvgIpc) is 2.70. The Labute approximate surface area is 137 Å². The van der Waals surface area contributed by atoms with E-state index < -0.39 is 10.0 Å². The van der Waals surface area contributed by atoms with Gasteiger partial charge in [0.15, 0.2) is 5.82 Å². The average molecular weight is 340 g/mol. The highest BCUT2D eigenvalue weighted by Gasteiger charge is 2.41. The van der Waals surface area contributed by atoms with Crippen molar-refractivity contribution in [3.8, 4) is 0 Å². The van der Waals surface area contributed by atoms with Gasteiger partial charge < -0.3 is 9.64 Å². The van der Waals surface area contributed by atoms with Crippen molar-refractivity contribution in [2.24, 2.45) is 5.41 Å². The van der Waals surface area contributed by atoms with E-state index in [1.165, 1.54) is 6.26 Å². The van der Waals surface area contributed by atoms with E-state index in [0.29, 0.717) is 26.3 Å². The second-order valence-corrected chi connectivity index (χ2v) is 8.69. The number of sulfonamides is 1. The largest absolute Gasteiger partial charge is 0.379 e. The van der Waals surface area contributed by atoms with Crippen LogP contribution in [0.1, 0.15) is 18.5 Å². The van der Waals surface area contributed by atoms with Crippen molar-refractivity contribution in [3.63, 3.8) is 0 Å². The van der Waals surface area contributed by atoms with Crippen LogP contribution in [0.2, 0.25) is 0 Å². The molecule has 2 fully saturated rings. The van der Waals surface area contributed by atoms with Gasteiger partial charge in [-0.25, -0.2) is 12.7 Å². The Morgan fingerprint density at radius 3 is 2.74 bits per heavy atom. The maximum atomic E-state index is 11.9. The number of piperidine rings is 1. The van der Waals surface area contributed by atoms with Gasteiger partial charge in [-0.05, 0) is 31.9 Å². The zero-order valence-corrected chi connectivity index (χ0v) is 14.5. The minimum absolute atomic E-state index is 0.176. The highest BCUT2D eigenvalue weighted by Crippen LogP contribution is 2.34. The molecule has 3 rings (SSSR count). The van der Waals surface area contributed by atoms with Crippen molar-refractivity contribution < 1.29 is 13.2 Å². The lowest BCUT2D eigenvalue weighted by Crippen LogP contribution is -2.52. The van der Waals surface area contributed by atoms with Crippen LogP contribution in [0.15, 0.2) is 12.1 Å². The summed E-state index contributed by atoms with van der Waals surface area (Å²) in [7, 11) is -3.17. The summed E-state index contributed by atoms with van der Waals surface area (Å²) in [5.41, 5.74) is 0.708. The lowest BCUT2D eigenvalue weighted by molar-refractivity contribution is 0.0352. The van der Waals surface area contributed by atoms with Crippen LogP contribution in [0.3, 0.4) is 0 Å². The van der Waals surface area contributed by atoms with Crippen LogP contribution in [0.25, 0.3) is 0 Å². The van der Waals surface area contributed by atoms with Gasteiger partial charge in [-0.1, -0.05) is 0 Å². The normalized spacial score (nSPS) is 27.1. The second-order valence-electron chi connectivity index (χ2n) is 6.71. The molecule has 2 saturated heterocycles. The third kappa shape index (κ3) is 3.81. The monoisotopic (exact) mass is 340 g/mol. The molecule has 0 amide bonds. The number of hydrogen-bond donors (Lipinski definition) is 0. The number of anilines is 1. The topological polar surface area (TPSA) is 75.6 Å². The maximum Gasteiger partial charge on any atom is 0.211 e. The Bertz CT molecular complexity index is 649. The summed E-state index contributed by atoms with van der Waals surface area (Å²) in [6, 6.07) is 3.92. The number of aryl methyl sites for hydroxylation is 1. The molecule has 2 aliphatic heterocycles. The fourth-order valence-electron chi connectivity index (χ4n) is 3.44. The summed E-state index contributed by atoms with van der Waals surface area (Å²) in [5.74, 6) is 0.831. The van der Waals surface area contributed by atoms with Crippen LogP contribution in [0, 0.1) is 12.3 Å². The molecule has 0 radical (unpaired) electrons. The van der Waals surface area contributed by atoms with Crippen LogP contribution < -0.4 is 4.90 Å². The summed E-state index contributed by atoms with van der Waals surface area (Å²) < 4.78 is 31.3. The molecule has 0 aromatic carbocycles. The molecular weight excluding hydrogens is 316 g/mol. The Hall–Kier alpha value is -1.25. The molecule has 0 bridgehead atoms. The number of hydrogen-bond acceptors (Lipinski definition) is 6. The van der Waals surface area contributed by atoms with Crippen molar-refractivity contribution in [1.82, 2.24) is 14.5 Å². The Balaban J connectivity index is 1.82. The first-order valence-electron chi connectivity index (χ1n) is 7.96. The quantitative estimate of drug-likeness (QED) is 0.787. The standard InChI is InChI=1S/C15H24N4O3S/c1-13-4-5-14(17-16-13)18-8-9-22-12-15(10-18)6-3-7-19(11-15)23(2,20)21/h4-5H,3,6-12H2,1-2H3/t15-/m0/s1. The first-order valence-corrected chi connectivity index (χ1v) is 9.81. The Kier molecular flexibility index (Phi) is 4.57. The van der Waals surface area contributed by atoms with Gasteiger partial charge in [-0.3, -0.25) is 0 Å². The molecule has 0 N–H and O–H groups in total. The summed E-state index contributed by atoms with van der Waals surface area (Å²) >= 11 is 0. The van der Waals surface area contributed by atoms with E-state index in [4.69, 9.17) is 4.74 Å². The third-order valence-electron chi connectivity index (χ3n) is 4.64. The van der Waals surface area contributed by atoms with Gasteiger partial charge in [0.1, 0.15) is 0 Å². The highest BCUT2D eigenvalue weighted by molar-refractivity contribution is 7.88. The Morgan fingerprint density at radius 1 is 1.22 bits per heavy atom. The summed E-state index contributed by atoms with van der Waals surface area (Å²) in [4.78, 5) is 2.17. The number of nitrogens with zero attached hydrogens (tertiary/aromatic N) is 4. The fourth-order valence-corrected chi connectivity index (χ4v) is 4.41. The van der Waals surface area contributed by atoms with Gasteiger partial charge in [0, 0.05) is 31.6 Å². The van der Waals surface area contributed by atoms with Crippen LogP contribution in [-0.4, -0.2) is 68.6 Å². The lowest BCUT2D eigenvalue weighted by atomic mass is 9.81. The van der Waals surface area contributed by atoms with Crippen molar-refractivity contribution >= 4 is 15.8 Å². The second kappa shape index (κ2) is 6.33. The molecule has 0 aliphatic carbocycles. The lowest BCUT2D eigenvalue weighted by Gasteiger charge is -2.42. The van der Waals surface area contributed by atoms with Crippen molar-refractivity contribution in [3.05, 3.63) is 17.8 Å². The fraction of sp³-hybridized carbons (Fsp3) is 0.733. The van der Waals surface area contributed by atoms with E-state index in [0.717, 1.165) is 37.4 Å². The van der Waals surface area contributed by atoms with E-state index in [-0.39, 0.29) is 5.41 Å². The molecule has 2 aliphatic rings. The SMILES string of the molecule is Cc1ccc(N2CCOC[C@@]3(CCCN(S(C)(=O)=O)C3)C2)nn1. The molecule has 1 aromatic heterocycles. The van der Waals surface area contributed by atoms with E-state index in [1.54, 1.807) is 4.31 Å². The van der Waals surface area contributed by atoms with Crippen LogP contribution in [0.4, 0.5) is 5.82 Å². The summed E-state index contributed by atoms with van der Waals surface area (Å²) in [6.07, 6.45) is 3.12. The predicted octanol–water partition coefficient (Wildman–Crippen LogP) is 0.663. The molecule has 0 saturated carbocycles. The molecular formula is C15H24N4O3S. The molecule has 7 nitrogen and oxygen atoms in total. The zero-order valence-electron chi connectivity index (χ0n) is 13.7. The van der Waals surface area contributed by atoms with Crippen LogP contribution in [-0.2, 0) is 14.8 Å². The molecule has 1 spiro atoms. The van der Waals surface area contributed by atoms with Crippen LogP contribution >= 0.6 is 0 Å². The summed E-state index contributed by atoms with van der Waals surface area (Å²) in [5, 5.41) is 8.41. The Morgan fingerprint density at radius 2 is 2.04 bits per heavy atom. The first kappa shape index (κ1) is 16.6. The van der Waals surface area contributed by atoms with Crippen molar-refractivity contribution in [2.45, 2.75) is 19.8 Å². The molecule has 8 heteroatoms. The van der Waals surface area contributed by atoms with Gasteiger partial charge in [0.25, 0.3) is 0 Å². The van der Waals surface area contributed by atoms with E-state index in [1.807, 2.05) is 19.1 Å². The molecule has 1 aromatic rings. The van der Waals surface area contributed by atoms with Gasteiger partial charge in [0.2, 0.25) is 10.0 Å². The molecule has 3 heterocycles. The highest BCUT2D eigenvalue weighted by atomic mass is 32.2.